The van der Waals surface area contributed by atoms with Crippen molar-refractivity contribution >= 4 is 11.6 Å². The monoisotopic (exact) mass is 254 g/mol. The summed E-state index contributed by atoms with van der Waals surface area (Å²) in [4.78, 5) is 8.69. The van der Waals surface area contributed by atoms with Crippen molar-refractivity contribution in [2.24, 2.45) is 0 Å². The molecule has 0 saturated heterocycles. The second kappa shape index (κ2) is 7.84. The molecule has 6 nitrogen and oxygen atoms in total. The lowest BCUT2D eigenvalue weighted by atomic mass is 10.3. The van der Waals surface area contributed by atoms with Crippen LogP contribution in [-0.4, -0.2) is 40.9 Å². The summed E-state index contributed by atoms with van der Waals surface area (Å²) in [6.07, 6.45) is 0. The molecule has 1 atom stereocenters. The maximum Gasteiger partial charge on any atom is 0.158 e. The highest BCUT2D eigenvalue weighted by Crippen LogP contribution is 2.13. The van der Waals surface area contributed by atoms with Crippen molar-refractivity contribution in [3.8, 4) is 0 Å². The van der Waals surface area contributed by atoms with Gasteiger partial charge in [0.2, 0.25) is 0 Å². The molecule has 1 aromatic rings. The summed E-state index contributed by atoms with van der Waals surface area (Å²) in [7, 11) is 0. The van der Waals surface area contributed by atoms with Crippen LogP contribution in [0.3, 0.4) is 0 Å². The number of nitrogens with zero attached hydrogens (tertiary/aromatic N) is 2. The molecule has 102 valence electrons. The Morgan fingerprint density at radius 1 is 1.33 bits per heavy atom. The van der Waals surface area contributed by atoms with E-state index in [9.17, 15) is 0 Å². The van der Waals surface area contributed by atoms with Gasteiger partial charge in [-0.2, -0.15) is 0 Å². The summed E-state index contributed by atoms with van der Waals surface area (Å²) >= 11 is 0. The largest absolute Gasteiger partial charge is 0.394 e. The maximum absolute atomic E-state index is 9.03. The summed E-state index contributed by atoms with van der Waals surface area (Å²) in [6.45, 7) is 7.69. The summed E-state index contributed by atoms with van der Waals surface area (Å²) in [5, 5.41) is 15.3. The quantitative estimate of drug-likeness (QED) is 0.647. The van der Waals surface area contributed by atoms with E-state index in [4.69, 9.17) is 9.84 Å². The van der Waals surface area contributed by atoms with Crippen LogP contribution in [0.2, 0.25) is 0 Å². The summed E-state index contributed by atoms with van der Waals surface area (Å²) in [6, 6.07) is 1.78. The van der Waals surface area contributed by atoms with E-state index in [1.54, 1.807) is 0 Å². The lowest BCUT2D eigenvalue weighted by Crippen LogP contribution is -2.21. The minimum absolute atomic E-state index is 0.0469. The number of rotatable bonds is 8. The van der Waals surface area contributed by atoms with Crippen LogP contribution < -0.4 is 10.6 Å². The number of ether oxygens (including phenoxy) is 1. The number of anilines is 2. The van der Waals surface area contributed by atoms with Gasteiger partial charge in [0, 0.05) is 25.3 Å². The third kappa shape index (κ3) is 4.85. The number of aliphatic hydroxyl groups excluding tert-OH is 1. The molecule has 0 bridgehead atoms. The Morgan fingerprint density at radius 3 is 2.67 bits per heavy atom. The lowest BCUT2D eigenvalue weighted by molar-refractivity contribution is 0.128. The van der Waals surface area contributed by atoms with Gasteiger partial charge in [-0.05, 0) is 20.8 Å². The second-order valence-corrected chi connectivity index (χ2v) is 3.95. The molecule has 0 spiro atoms. The predicted octanol–water partition coefficient (Wildman–Crippen LogP) is 1.24. The molecule has 3 N–H and O–H groups in total. The number of aliphatic hydroxyl groups is 1. The molecule has 0 amide bonds. The molecule has 0 aromatic carbocycles. The molecule has 0 aliphatic heterocycles. The first-order valence-corrected chi connectivity index (χ1v) is 6.26. The van der Waals surface area contributed by atoms with Gasteiger partial charge in [-0.1, -0.05) is 0 Å². The van der Waals surface area contributed by atoms with Gasteiger partial charge in [0.05, 0.1) is 6.61 Å². The van der Waals surface area contributed by atoms with Crippen LogP contribution in [0, 0.1) is 0 Å². The molecule has 0 fully saturated rings. The summed E-state index contributed by atoms with van der Waals surface area (Å²) < 4.78 is 5.31. The highest BCUT2D eigenvalue weighted by Gasteiger charge is 2.06. The Kier molecular flexibility index (Phi) is 6.38. The molecule has 1 heterocycles. The van der Waals surface area contributed by atoms with Gasteiger partial charge in [0.1, 0.15) is 18.2 Å². The topological polar surface area (TPSA) is 79.3 Å². The molecule has 1 rings (SSSR count). The Balaban J connectivity index is 2.83. The Bertz CT molecular complexity index is 360. The number of hydrogen-bond donors (Lipinski definition) is 3. The normalized spacial score (nSPS) is 12.2. The fourth-order valence-electron chi connectivity index (χ4n) is 1.40. The van der Waals surface area contributed by atoms with Crippen LogP contribution >= 0.6 is 0 Å². The van der Waals surface area contributed by atoms with Crippen molar-refractivity contribution in [3.05, 3.63) is 11.9 Å². The molecule has 1 aromatic heterocycles. The third-order valence-electron chi connectivity index (χ3n) is 2.23. The Morgan fingerprint density at radius 2 is 2.06 bits per heavy atom. The minimum Gasteiger partial charge on any atom is -0.394 e. The van der Waals surface area contributed by atoms with E-state index >= 15 is 0 Å². The Hall–Kier alpha value is -1.40. The van der Waals surface area contributed by atoms with Crippen LogP contribution in [0.1, 0.15) is 26.6 Å². The van der Waals surface area contributed by atoms with Crippen LogP contribution in [0.4, 0.5) is 11.6 Å². The minimum atomic E-state index is -0.0469. The first-order valence-electron chi connectivity index (χ1n) is 6.26. The molecule has 1 unspecified atom stereocenters. The van der Waals surface area contributed by atoms with Gasteiger partial charge in [-0.3, -0.25) is 0 Å². The van der Waals surface area contributed by atoms with Crippen molar-refractivity contribution in [1.29, 1.82) is 0 Å². The standard InChI is InChI=1S/C12H22N4O2/c1-4-13-10-6-11(14-9(3)7-17)16-12(15-10)8-18-5-2/h6,9,17H,4-5,7-8H2,1-3H3,(H2,13,14,15,16). The first-order chi connectivity index (χ1) is 8.69. The van der Waals surface area contributed by atoms with Gasteiger partial charge in [-0.25, -0.2) is 9.97 Å². The van der Waals surface area contributed by atoms with Crippen molar-refractivity contribution in [1.82, 2.24) is 9.97 Å². The van der Waals surface area contributed by atoms with Crippen LogP contribution in [0.15, 0.2) is 6.07 Å². The van der Waals surface area contributed by atoms with E-state index in [2.05, 4.69) is 20.6 Å². The zero-order valence-corrected chi connectivity index (χ0v) is 11.2. The van der Waals surface area contributed by atoms with E-state index in [-0.39, 0.29) is 12.6 Å². The molecule has 18 heavy (non-hydrogen) atoms. The van der Waals surface area contributed by atoms with Gasteiger partial charge >= 0.3 is 0 Å². The fraction of sp³-hybridized carbons (Fsp3) is 0.667. The average molecular weight is 254 g/mol. The lowest BCUT2D eigenvalue weighted by Gasteiger charge is -2.14. The zero-order valence-electron chi connectivity index (χ0n) is 11.2. The molecule has 0 aliphatic carbocycles. The second-order valence-electron chi connectivity index (χ2n) is 3.95. The van der Waals surface area contributed by atoms with Gasteiger partial charge < -0.3 is 20.5 Å². The molecule has 0 saturated carbocycles. The van der Waals surface area contributed by atoms with E-state index in [0.717, 1.165) is 12.4 Å². The number of nitrogens with one attached hydrogen (secondary N) is 2. The van der Waals surface area contributed by atoms with Crippen LogP contribution in [0.5, 0.6) is 0 Å². The first kappa shape index (κ1) is 14.7. The zero-order chi connectivity index (χ0) is 13.4. The van der Waals surface area contributed by atoms with Crippen LogP contribution in [-0.2, 0) is 11.3 Å². The van der Waals surface area contributed by atoms with Crippen LogP contribution in [0.25, 0.3) is 0 Å². The van der Waals surface area contributed by atoms with Crippen molar-refractivity contribution in [2.75, 3.05) is 30.4 Å². The maximum atomic E-state index is 9.03. The van der Waals surface area contributed by atoms with Crippen molar-refractivity contribution in [3.63, 3.8) is 0 Å². The molecular weight excluding hydrogens is 232 g/mol. The number of hydrogen-bond acceptors (Lipinski definition) is 6. The van der Waals surface area contributed by atoms with Crippen molar-refractivity contribution < 1.29 is 9.84 Å². The van der Waals surface area contributed by atoms with E-state index < -0.39 is 0 Å². The highest BCUT2D eigenvalue weighted by atomic mass is 16.5. The summed E-state index contributed by atoms with van der Waals surface area (Å²) in [5.74, 6) is 2.08. The van der Waals surface area contributed by atoms with Crippen molar-refractivity contribution in [2.45, 2.75) is 33.4 Å². The van der Waals surface area contributed by atoms with E-state index in [1.165, 1.54) is 0 Å². The van der Waals surface area contributed by atoms with Gasteiger partial charge in [0.25, 0.3) is 0 Å². The fourth-order valence-corrected chi connectivity index (χ4v) is 1.40. The van der Waals surface area contributed by atoms with Gasteiger partial charge in [-0.15, -0.1) is 0 Å². The average Bonchev–Trinajstić information content (AvgIpc) is 2.36. The molecule has 0 radical (unpaired) electrons. The summed E-state index contributed by atoms with van der Waals surface area (Å²) in [5.41, 5.74) is 0. The molecule has 0 aliphatic rings. The van der Waals surface area contributed by atoms with E-state index in [1.807, 2.05) is 26.8 Å². The third-order valence-corrected chi connectivity index (χ3v) is 2.23. The van der Waals surface area contributed by atoms with E-state index in [0.29, 0.717) is 24.9 Å². The smallest absolute Gasteiger partial charge is 0.158 e. The Labute approximate surface area is 108 Å². The molecular formula is C12H22N4O2. The predicted molar refractivity (Wildman–Crippen MR) is 71.7 cm³/mol. The SMILES string of the molecule is CCNc1cc(NC(C)CO)nc(COCC)n1. The highest BCUT2D eigenvalue weighted by molar-refractivity contribution is 5.47. The van der Waals surface area contributed by atoms with Gasteiger partial charge in [0.15, 0.2) is 5.82 Å². The molecule has 6 heteroatoms. The number of aromatic nitrogens is 2.